The first-order chi connectivity index (χ1) is 6.65. The van der Waals surface area contributed by atoms with Crippen molar-refractivity contribution in [1.82, 2.24) is 0 Å². The molecule has 76 valence electrons. The lowest BCUT2D eigenvalue weighted by Gasteiger charge is -2.03. The Morgan fingerprint density at radius 2 is 2.29 bits per heavy atom. The quantitative estimate of drug-likeness (QED) is 0.562. The summed E-state index contributed by atoms with van der Waals surface area (Å²) in [5, 5.41) is 13.1. The molecule has 0 fully saturated rings. The maximum atomic E-state index is 13.0. The van der Waals surface area contributed by atoms with Crippen LogP contribution in [0.3, 0.4) is 0 Å². The molecule has 0 saturated carbocycles. The van der Waals surface area contributed by atoms with Gasteiger partial charge in [-0.1, -0.05) is 0 Å². The number of nitrogens with two attached hydrogens (primary N) is 1. The summed E-state index contributed by atoms with van der Waals surface area (Å²) < 4.78 is 13.0. The van der Waals surface area contributed by atoms with Gasteiger partial charge in [-0.05, 0) is 6.07 Å². The molecule has 0 radical (unpaired) electrons. The first kappa shape index (κ1) is 10.4. The number of benzene rings is 1. The Kier molecular flexibility index (Phi) is 3.35. The molecule has 6 heteroatoms. The molecule has 14 heavy (non-hydrogen) atoms. The third-order valence-electron chi connectivity index (χ3n) is 1.62. The Balaban J connectivity index is 2.83. The van der Waals surface area contributed by atoms with E-state index in [9.17, 15) is 14.5 Å². The highest BCUT2D eigenvalue weighted by molar-refractivity contribution is 5.49. The molecular formula is C8H10FN3O2. The van der Waals surface area contributed by atoms with E-state index in [0.717, 1.165) is 12.1 Å². The molecule has 0 amide bonds. The van der Waals surface area contributed by atoms with Crippen molar-refractivity contribution in [3.8, 4) is 0 Å². The number of nitro groups is 1. The normalized spacial score (nSPS) is 9.86. The van der Waals surface area contributed by atoms with Crippen LogP contribution in [0, 0.1) is 15.9 Å². The van der Waals surface area contributed by atoms with Crippen molar-refractivity contribution >= 4 is 11.4 Å². The van der Waals surface area contributed by atoms with E-state index in [1.54, 1.807) is 0 Å². The van der Waals surface area contributed by atoms with Crippen LogP contribution < -0.4 is 11.1 Å². The van der Waals surface area contributed by atoms with Gasteiger partial charge in [-0.15, -0.1) is 0 Å². The fraction of sp³-hybridized carbons (Fsp3) is 0.250. The molecule has 0 aliphatic heterocycles. The predicted octanol–water partition coefficient (Wildman–Crippen LogP) is 1.10. The van der Waals surface area contributed by atoms with Gasteiger partial charge in [0.15, 0.2) is 0 Å². The Morgan fingerprint density at radius 1 is 1.57 bits per heavy atom. The Labute approximate surface area is 79.9 Å². The van der Waals surface area contributed by atoms with Gasteiger partial charge in [-0.3, -0.25) is 10.1 Å². The number of hydrogen-bond donors (Lipinski definition) is 2. The summed E-state index contributed by atoms with van der Waals surface area (Å²) in [5.74, 6) is -0.850. The van der Waals surface area contributed by atoms with Crippen molar-refractivity contribution in [2.45, 2.75) is 0 Å². The molecule has 0 spiro atoms. The first-order valence-corrected chi connectivity index (χ1v) is 4.03. The van der Waals surface area contributed by atoms with E-state index in [0.29, 0.717) is 18.8 Å². The minimum absolute atomic E-state index is 0.415. The number of hydrogen-bond acceptors (Lipinski definition) is 4. The van der Waals surface area contributed by atoms with Crippen molar-refractivity contribution in [2.75, 3.05) is 18.4 Å². The molecule has 0 aromatic heterocycles. The fourth-order valence-corrected chi connectivity index (χ4v) is 0.981. The van der Waals surface area contributed by atoms with Gasteiger partial charge in [-0.2, -0.15) is 4.39 Å². The second kappa shape index (κ2) is 4.52. The van der Waals surface area contributed by atoms with Crippen LogP contribution >= 0.6 is 0 Å². The minimum atomic E-state index is -0.850. The molecule has 1 aromatic carbocycles. The first-order valence-electron chi connectivity index (χ1n) is 4.03. The van der Waals surface area contributed by atoms with Crippen molar-refractivity contribution in [2.24, 2.45) is 5.73 Å². The summed E-state index contributed by atoms with van der Waals surface area (Å²) in [6.07, 6.45) is 0. The summed E-state index contributed by atoms with van der Waals surface area (Å²) in [6.45, 7) is 0.913. The molecule has 3 N–H and O–H groups in total. The van der Waals surface area contributed by atoms with Gasteiger partial charge >= 0.3 is 5.69 Å². The SMILES string of the molecule is NCCNc1ccc([N+](=O)[O-])c(F)c1. The molecule has 0 atom stereocenters. The van der Waals surface area contributed by atoms with Crippen LogP contribution in [0.5, 0.6) is 0 Å². The zero-order valence-corrected chi connectivity index (χ0v) is 7.37. The maximum absolute atomic E-state index is 13.0. The molecule has 0 aliphatic rings. The Bertz CT molecular complexity index is 343. The van der Waals surface area contributed by atoms with Gasteiger partial charge in [0.1, 0.15) is 0 Å². The van der Waals surface area contributed by atoms with Crippen LogP contribution in [-0.2, 0) is 0 Å². The van der Waals surface area contributed by atoms with Gasteiger partial charge in [0, 0.05) is 30.9 Å². The molecule has 0 saturated heterocycles. The molecule has 5 nitrogen and oxygen atoms in total. The fourth-order valence-electron chi connectivity index (χ4n) is 0.981. The van der Waals surface area contributed by atoms with Crippen molar-refractivity contribution in [3.05, 3.63) is 34.1 Å². The van der Waals surface area contributed by atoms with E-state index < -0.39 is 16.4 Å². The van der Waals surface area contributed by atoms with Gasteiger partial charge in [0.25, 0.3) is 0 Å². The number of rotatable bonds is 4. The molecule has 0 bridgehead atoms. The lowest BCUT2D eigenvalue weighted by atomic mass is 10.2. The van der Waals surface area contributed by atoms with Gasteiger partial charge in [0.2, 0.25) is 5.82 Å². The second-order valence-corrected chi connectivity index (χ2v) is 2.64. The standard InChI is InChI=1S/C8H10FN3O2/c9-7-5-6(11-4-3-10)1-2-8(7)12(13)14/h1-2,5,11H,3-4,10H2. The molecule has 0 aliphatic carbocycles. The monoisotopic (exact) mass is 199 g/mol. The number of anilines is 1. The highest BCUT2D eigenvalue weighted by Crippen LogP contribution is 2.20. The smallest absolute Gasteiger partial charge is 0.304 e. The molecule has 0 unspecified atom stereocenters. The Morgan fingerprint density at radius 3 is 2.79 bits per heavy atom. The zero-order valence-electron chi connectivity index (χ0n) is 7.37. The van der Waals surface area contributed by atoms with Crippen LogP contribution in [0.2, 0.25) is 0 Å². The average Bonchev–Trinajstić information content (AvgIpc) is 2.14. The highest BCUT2D eigenvalue weighted by Gasteiger charge is 2.13. The second-order valence-electron chi connectivity index (χ2n) is 2.64. The van der Waals surface area contributed by atoms with Crippen LogP contribution in [0.4, 0.5) is 15.8 Å². The van der Waals surface area contributed by atoms with Crippen molar-refractivity contribution < 1.29 is 9.31 Å². The van der Waals surface area contributed by atoms with Gasteiger partial charge in [0.05, 0.1) is 4.92 Å². The number of nitro benzene ring substituents is 1. The van der Waals surface area contributed by atoms with E-state index >= 15 is 0 Å². The molecule has 0 heterocycles. The summed E-state index contributed by atoms with van der Waals surface area (Å²) in [4.78, 5) is 9.51. The van der Waals surface area contributed by atoms with E-state index in [-0.39, 0.29) is 0 Å². The summed E-state index contributed by atoms with van der Waals surface area (Å²) in [6, 6.07) is 3.64. The van der Waals surface area contributed by atoms with Gasteiger partial charge < -0.3 is 11.1 Å². The molecular weight excluding hydrogens is 189 g/mol. The van der Waals surface area contributed by atoms with Crippen LogP contribution in [0.1, 0.15) is 0 Å². The molecule has 1 aromatic rings. The average molecular weight is 199 g/mol. The number of nitrogens with zero attached hydrogens (tertiary/aromatic N) is 1. The van der Waals surface area contributed by atoms with Crippen molar-refractivity contribution in [1.29, 1.82) is 0 Å². The largest absolute Gasteiger partial charge is 0.384 e. The Hall–Kier alpha value is -1.69. The summed E-state index contributed by atoms with van der Waals surface area (Å²) in [7, 11) is 0. The van der Waals surface area contributed by atoms with Crippen LogP contribution in [0.15, 0.2) is 18.2 Å². The van der Waals surface area contributed by atoms with Crippen LogP contribution in [-0.4, -0.2) is 18.0 Å². The van der Waals surface area contributed by atoms with E-state index in [4.69, 9.17) is 5.73 Å². The van der Waals surface area contributed by atoms with Crippen LogP contribution in [0.25, 0.3) is 0 Å². The molecule has 1 rings (SSSR count). The number of halogens is 1. The number of nitrogens with one attached hydrogen (secondary N) is 1. The summed E-state index contributed by atoms with van der Waals surface area (Å²) >= 11 is 0. The topological polar surface area (TPSA) is 81.2 Å². The zero-order chi connectivity index (χ0) is 10.6. The highest BCUT2D eigenvalue weighted by atomic mass is 19.1. The van der Waals surface area contributed by atoms with E-state index in [1.165, 1.54) is 6.07 Å². The lowest BCUT2D eigenvalue weighted by Crippen LogP contribution is -2.13. The van der Waals surface area contributed by atoms with E-state index in [1.807, 2.05) is 0 Å². The third kappa shape index (κ3) is 2.40. The maximum Gasteiger partial charge on any atom is 0.304 e. The van der Waals surface area contributed by atoms with E-state index in [2.05, 4.69) is 5.32 Å². The predicted molar refractivity (Wildman–Crippen MR) is 50.6 cm³/mol. The minimum Gasteiger partial charge on any atom is -0.384 e. The van der Waals surface area contributed by atoms with Crippen molar-refractivity contribution in [3.63, 3.8) is 0 Å². The van der Waals surface area contributed by atoms with Gasteiger partial charge in [-0.25, -0.2) is 0 Å². The lowest BCUT2D eigenvalue weighted by molar-refractivity contribution is -0.387. The summed E-state index contributed by atoms with van der Waals surface area (Å²) in [5.41, 5.74) is 5.19. The third-order valence-corrected chi connectivity index (χ3v) is 1.62.